The minimum atomic E-state index is -0.271. The molecule has 0 aliphatic heterocycles. The Kier molecular flexibility index (Phi) is 3.08. The number of rotatable bonds is 3. The van der Waals surface area contributed by atoms with Gasteiger partial charge < -0.3 is 14.7 Å². The standard InChI is InChI=1S/C17H14N4O2/c1-10-4-5-13-12(7-10)15-16(23-13)17(22)21-14(20-15)9-19-11-3-2-6-18-8-11/h2-8,19H,9H2,1H3,(H,20,21,22). The first-order valence-electron chi connectivity index (χ1n) is 7.27. The molecule has 4 rings (SSSR count). The van der Waals surface area contributed by atoms with Crippen molar-refractivity contribution in [2.75, 3.05) is 5.32 Å². The molecule has 0 atom stereocenters. The smallest absolute Gasteiger partial charge is 0.294 e. The second-order valence-corrected chi connectivity index (χ2v) is 5.39. The molecule has 0 spiro atoms. The van der Waals surface area contributed by atoms with Crippen molar-refractivity contribution >= 4 is 27.8 Å². The van der Waals surface area contributed by atoms with Gasteiger partial charge >= 0.3 is 0 Å². The van der Waals surface area contributed by atoms with E-state index in [1.807, 2.05) is 37.3 Å². The predicted molar refractivity (Wildman–Crippen MR) is 88.4 cm³/mol. The van der Waals surface area contributed by atoms with Gasteiger partial charge in [0.25, 0.3) is 5.56 Å². The first-order valence-corrected chi connectivity index (χ1v) is 7.27. The van der Waals surface area contributed by atoms with Crippen LogP contribution in [-0.2, 0) is 6.54 Å². The van der Waals surface area contributed by atoms with E-state index in [1.165, 1.54) is 0 Å². The van der Waals surface area contributed by atoms with Crippen LogP contribution in [0.2, 0.25) is 0 Å². The molecule has 0 fully saturated rings. The fourth-order valence-corrected chi connectivity index (χ4v) is 2.55. The van der Waals surface area contributed by atoms with Gasteiger partial charge in [0.15, 0.2) is 0 Å². The van der Waals surface area contributed by atoms with Crippen molar-refractivity contribution in [3.05, 3.63) is 64.5 Å². The van der Waals surface area contributed by atoms with Crippen LogP contribution < -0.4 is 10.9 Å². The third-order valence-corrected chi connectivity index (χ3v) is 3.65. The molecular weight excluding hydrogens is 292 g/mol. The third kappa shape index (κ3) is 2.44. The molecule has 6 heteroatoms. The maximum absolute atomic E-state index is 12.2. The van der Waals surface area contributed by atoms with Crippen LogP contribution in [0.4, 0.5) is 5.69 Å². The second-order valence-electron chi connectivity index (χ2n) is 5.39. The number of aromatic nitrogens is 3. The normalized spacial score (nSPS) is 11.2. The number of furan rings is 1. The van der Waals surface area contributed by atoms with Gasteiger partial charge in [-0.3, -0.25) is 9.78 Å². The largest absolute Gasteiger partial charge is 0.449 e. The summed E-state index contributed by atoms with van der Waals surface area (Å²) in [5.74, 6) is 0.551. The minimum absolute atomic E-state index is 0.260. The van der Waals surface area contributed by atoms with Gasteiger partial charge in [0.2, 0.25) is 5.58 Å². The van der Waals surface area contributed by atoms with Gasteiger partial charge in [-0.25, -0.2) is 4.98 Å². The molecule has 0 amide bonds. The zero-order valence-electron chi connectivity index (χ0n) is 12.5. The maximum atomic E-state index is 12.2. The number of nitrogens with one attached hydrogen (secondary N) is 2. The van der Waals surface area contributed by atoms with Crippen LogP contribution in [0.25, 0.3) is 22.1 Å². The Bertz CT molecular complexity index is 1050. The summed E-state index contributed by atoms with van der Waals surface area (Å²) in [5, 5.41) is 4.03. The van der Waals surface area contributed by atoms with E-state index < -0.39 is 0 Å². The molecule has 6 nitrogen and oxygen atoms in total. The van der Waals surface area contributed by atoms with Gasteiger partial charge in [-0.1, -0.05) is 11.6 Å². The molecular formula is C17H14N4O2. The van der Waals surface area contributed by atoms with Crippen LogP contribution in [0.15, 0.2) is 51.9 Å². The van der Waals surface area contributed by atoms with Crippen molar-refractivity contribution < 1.29 is 4.42 Å². The van der Waals surface area contributed by atoms with E-state index in [9.17, 15) is 4.79 Å². The van der Waals surface area contributed by atoms with Gasteiger partial charge in [-0.15, -0.1) is 0 Å². The van der Waals surface area contributed by atoms with Crippen molar-refractivity contribution in [3.8, 4) is 0 Å². The molecule has 0 unspecified atom stereocenters. The van der Waals surface area contributed by atoms with Crippen molar-refractivity contribution in [1.82, 2.24) is 15.0 Å². The van der Waals surface area contributed by atoms with Crippen LogP contribution in [0.5, 0.6) is 0 Å². The summed E-state index contributed by atoms with van der Waals surface area (Å²) >= 11 is 0. The number of aromatic amines is 1. The van der Waals surface area contributed by atoms with Crippen LogP contribution in [0, 0.1) is 6.92 Å². The number of hydrogen-bond donors (Lipinski definition) is 2. The lowest BCUT2D eigenvalue weighted by Crippen LogP contribution is -2.13. The Labute approximate surface area is 131 Å². The van der Waals surface area contributed by atoms with E-state index in [0.717, 1.165) is 16.6 Å². The Morgan fingerprint density at radius 2 is 2.22 bits per heavy atom. The lowest BCUT2D eigenvalue weighted by atomic mass is 10.2. The lowest BCUT2D eigenvalue weighted by Gasteiger charge is -2.04. The number of benzene rings is 1. The first kappa shape index (κ1) is 13.5. The van der Waals surface area contributed by atoms with Crippen molar-refractivity contribution in [1.29, 1.82) is 0 Å². The molecule has 0 saturated carbocycles. The number of aryl methyl sites for hydroxylation is 1. The average Bonchev–Trinajstić information content (AvgIpc) is 2.93. The van der Waals surface area contributed by atoms with Crippen LogP contribution in [0.1, 0.15) is 11.4 Å². The molecule has 3 aromatic heterocycles. The Balaban J connectivity index is 1.77. The molecule has 3 heterocycles. The Hall–Kier alpha value is -3.15. The predicted octanol–water partition coefficient (Wildman–Crippen LogP) is 2.98. The number of nitrogens with zero attached hydrogens (tertiary/aromatic N) is 2. The molecule has 0 saturated heterocycles. The van der Waals surface area contributed by atoms with Crippen LogP contribution in [0.3, 0.4) is 0 Å². The van der Waals surface area contributed by atoms with Gasteiger partial charge in [-0.05, 0) is 31.2 Å². The quantitative estimate of drug-likeness (QED) is 0.608. The zero-order valence-corrected chi connectivity index (χ0v) is 12.5. The highest BCUT2D eigenvalue weighted by Crippen LogP contribution is 2.25. The summed E-state index contributed by atoms with van der Waals surface area (Å²) in [6.07, 6.45) is 3.42. The topological polar surface area (TPSA) is 83.8 Å². The summed E-state index contributed by atoms with van der Waals surface area (Å²) in [6, 6.07) is 9.53. The summed E-state index contributed by atoms with van der Waals surface area (Å²) in [7, 11) is 0. The zero-order chi connectivity index (χ0) is 15.8. The molecule has 23 heavy (non-hydrogen) atoms. The highest BCUT2D eigenvalue weighted by Gasteiger charge is 2.13. The van der Waals surface area contributed by atoms with Crippen LogP contribution in [-0.4, -0.2) is 15.0 Å². The first-order chi connectivity index (χ1) is 11.2. The minimum Gasteiger partial charge on any atom is -0.449 e. The number of anilines is 1. The second kappa shape index (κ2) is 5.24. The number of H-pyrrole nitrogens is 1. The van der Waals surface area contributed by atoms with Gasteiger partial charge in [0, 0.05) is 17.8 Å². The van der Waals surface area contributed by atoms with Crippen LogP contribution >= 0.6 is 0 Å². The van der Waals surface area contributed by atoms with Gasteiger partial charge in [0.05, 0.1) is 12.2 Å². The highest BCUT2D eigenvalue weighted by atomic mass is 16.3. The number of fused-ring (bicyclic) bond motifs is 3. The van der Waals surface area contributed by atoms with E-state index in [1.54, 1.807) is 12.4 Å². The molecule has 0 aliphatic carbocycles. The molecule has 114 valence electrons. The van der Waals surface area contributed by atoms with E-state index in [4.69, 9.17) is 4.42 Å². The summed E-state index contributed by atoms with van der Waals surface area (Å²) in [6.45, 7) is 2.39. The Morgan fingerprint density at radius 1 is 1.30 bits per heavy atom. The van der Waals surface area contributed by atoms with Crippen molar-refractivity contribution in [2.45, 2.75) is 13.5 Å². The monoisotopic (exact) mass is 306 g/mol. The van der Waals surface area contributed by atoms with Gasteiger partial charge in [-0.2, -0.15) is 0 Å². The average molecular weight is 306 g/mol. The van der Waals surface area contributed by atoms with E-state index in [0.29, 0.717) is 23.5 Å². The third-order valence-electron chi connectivity index (χ3n) is 3.65. The maximum Gasteiger partial charge on any atom is 0.294 e. The van der Waals surface area contributed by atoms with E-state index >= 15 is 0 Å². The summed E-state index contributed by atoms with van der Waals surface area (Å²) in [5.41, 5.74) is 3.21. The van der Waals surface area contributed by atoms with Gasteiger partial charge in [0.1, 0.15) is 16.9 Å². The van der Waals surface area contributed by atoms with E-state index in [-0.39, 0.29) is 11.1 Å². The summed E-state index contributed by atoms with van der Waals surface area (Å²) < 4.78 is 5.62. The molecule has 2 N–H and O–H groups in total. The number of pyridine rings is 1. The molecule has 4 aromatic rings. The molecule has 0 aliphatic rings. The van der Waals surface area contributed by atoms with E-state index in [2.05, 4.69) is 20.3 Å². The number of hydrogen-bond acceptors (Lipinski definition) is 5. The lowest BCUT2D eigenvalue weighted by molar-refractivity contribution is 0.659. The fourth-order valence-electron chi connectivity index (χ4n) is 2.55. The highest BCUT2D eigenvalue weighted by molar-refractivity contribution is 6.02. The fraction of sp³-hybridized carbons (Fsp3) is 0.118. The molecule has 0 bridgehead atoms. The SMILES string of the molecule is Cc1ccc2oc3c(=O)[nH]c(CNc4cccnc4)nc3c2c1. The Morgan fingerprint density at radius 3 is 3.04 bits per heavy atom. The molecule has 0 radical (unpaired) electrons. The van der Waals surface area contributed by atoms with Crippen molar-refractivity contribution in [3.63, 3.8) is 0 Å². The molecule has 1 aromatic carbocycles. The summed E-state index contributed by atoms with van der Waals surface area (Å²) in [4.78, 5) is 23.6. The van der Waals surface area contributed by atoms with Crippen molar-refractivity contribution in [2.24, 2.45) is 0 Å².